The number of para-hydroxylation sites is 1. The Kier molecular flexibility index (Phi) is 5.04. The van der Waals surface area contributed by atoms with Crippen molar-refractivity contribution in [1.82, 2.24) is 9.88 Å². The normalized spacial score (nSPS) is 17.6. The number of nitrogens with zero attached hydrogens (tertiary/aromatic N) is 1. The second kappa shape index (κ2) is 7.11. The molecule has 2 heterocycles. The molecule has 0 bridgehead atoms. The molecule has 0 radical (unpaired) electrons. The lowest BCUT2D eigenvalue weighted by molar-refractivity contribution is -0.122. The van der Waals surface area contributed by atoms with Crippen LogP contribution in [0.5, 0.6) is 0 Å². The number of ether oxygens (including phenoxy) is 1. The Morgan fingerprint density at radius 3 is 2.69 bits per heavy atom. The van der Waals surface area contributed by atoms with E-state index in [0.717, 1.165) is 12.8 Å². The largest absolute Gasteiger partial charge is 0.454 e. The number of rotatable bonds is 5. The lowest BCUT2D eigenvalue weighted by atomic mass is 10.1. The predicted molar refractivity (Wildman–Crippen MR) is 89.0 cm³/mol. The highest BCUT2D eigenvalue weighted by molar-refractivity contribution is 6.12. The van der Waals surface area contributed by atoms with Crippen LogP contribution >= 0.6 is 0 Å². The highest BCUT2D eigenvalue weighted by Crippen LogP contribution is 2.31. The van der Waals surface area contributed by atoms with Crippen molar-refractivity contribution in [3.63, 3.8) is 0 Å². The maximum atomic E-state index is 13.0. The fraction of sp³-hybridized carbons (Fsp3) is 0.444. The van der Waals surface area contributed by atoms with E-state index in [0.29, 0.717) is 18.7 Å². The molecular formula is C18H19F3N2O3. The van der Waals surface area contributed by atoms with Crippen molar-refractivity contribution >= 4 is 22.6 Å². The van der Waals surface area contributed by atoms with Gasteiger partial charge in [-0.3, -0.25) is 9.59 Å². The Morgan fingerprint density at radius 1 is 1.31 bits per heavy atom. The average Bonchev–Trinajstić information content (AvgIpc) is 3.19. The second-order valence-corrected chi connectivity index (χ2v) is 6.33. The van der Waals surface area contributed by atoms with Crippen LogP contribution < -0.4 is 5.32 Å². The van der Waals surface area contributed by atoms with E-state index >= 15 is 0 Å². The monoisotopic (exact) mass is 368 g/mol. The minimum absolute atomic E-state index is 0.0242. The smallest absolute Gasteiger partial charge is 0.376 e. The summed E-state index contributed by atoms with van der Waals surface area (Å²) in [4.78, 5) is 24.1. The standard InChI is InChI=1S/C18H19F3N2O3/c1-11-16(17(25)18(19,20)21)13-6-2-3-7-14(13)23(11)10-15(24)22-9-12-5-4-8-26-12/h2-3,6-7,12H,4-5,8-10H2,1H3,(H,22,24)/t12-/m1/s1. The van der Waals surface area contributed by atoms with E-state index in [2.05, 4.69) is 5.32 Å². The minimum Gasteiger partial charge on any atom is -0.376 e. The fourth-order valence-electron chi connectivity index (χ4n) is 3.30. The van der Waals surface area contributed by atoms with E-state index in [-0.39, 0.29) is 29.6 Å². The summed E-state index contributed by atoms with van der Waals surface area (Å²) in [6.45, 7) is 2.30. The van der Waals surface area contributed by atoms with Crippen molar-refractivity contribution < 1.29 is 27.5 Å². The maximum absolute atomic E-state index is 13.0. The zero-order valence-electron chi connectivity index (χ0n) is 14.2. The van der Waals surface area contributed by atoms with E-state index in [1.807, 2.05) is 0 Å². The Bertz CT molecular complexity index is 836. The first-order chi connectivity index (χ1) is 12.3. The zero-order chi connectivity index (χ0) is 18.9. The van der Waals surface area contributed by atoms with Gasteiger partial charge in [0.25, 0.3) is 5.78 Å². The van der Waals surface area contributed by atoms with Crippen molar-refractivity contribution in [2.45, 2.75) is 38.6 Å². The summed E-state index contributed by atoms with van der Waals surface area (Å²) >= 11 is 0. The van der Waals surface area contributed by atoms with Crippen LogP contribution in [0.4, 0.5) is 13.2 Å². The van der Waals surface area contributed by atoms with E-state index in [1.165, 1.54) is 17.6 Å². The number of hydrogen-bond donors (Lipinski definition) is 1. The molecular weight excluding hydrogens is 349 g/mol. The number of alkyl halides is 3. The van der Waals surface area contributed by atoms with Gasteiger partial charge in [-0.05, 0) is 25.8 Å². The third-order valence-corrected chi connectivity index (χ3v) is 4.57. The molecule has 2 aromatic rings. The molecule has 0 spiro atoms. The Labute approximate surface area is 148 Å². The fourth-order valence-corrected chi connectivity index (χ4v) is 3.30. The molecule has 1 aromatic heterocycles. The number of carbonyl (C=O) groups is 2. The summed E-state index contributed by atoms with van der Waals surface area (Å²) in [5.74, 6) is -2.24. The summed E-state index contributed by atoms with van der Waals surface area (Å²) in [5, 5.41) is 2.94. The van der Waals surface area contributed by atoms with Gasteiger partial charge in [0.2, 0.25) is 5.91 Å². The Morgan fingerprint density at radius 2 is 2.04 bits per heavy atom. The number of benzene rings is 1. The summed E-state index contributed by atoms with van der Waals surface area (Å²) in [6.07, 6.45) is -3.17. The number of halogens is 3. The van der Waals surface area contributed by atoms with E-state index < -0.39 is 17.5 Å². The summed E-state index contributed by atoms with van der Waals surface area (Å²) in [5.41, 5.74) is 0.144. The van der Waals surface area contributed by atoms with Crippen molar-refractivity contribution in [1.29, 1.82) is 0 Å². The molecule has 3 rings (SSSR count). The molecule has 1 fully saturated rings. The molecule has 1 saturated heterocycles. The molecule has 0 saturated carbocycles. The van der Waals surface area contributed by atoms with Gasteiger partial charge in [-0.2, -0.15) is 13.2 Å². The number of fused-ring (bicyclic) bond motifs is 1. The third kappa shape index (κ3) is 3.60. The number of hydrogen-bond acceptors (Lipinski definition) is 3. The van der Waals surface area contributed by atoms with Gasteiger partial charge in [0.15, 0.2) is 0 Å². The van der Waals surface area contributed by atoms with Crippen LogP contribution in [0.15, 0.2) is 24.3 Å². The second-order valence-electron chi connectivity index (χ2n) is 6.33. The van der Waals surface area contributed by atoms with Gasteiger partial charge in [-0.1, -0.05) is 18.2 Å². The van der Waals surface area contributed by atoms with Crippen LogP contribution in [-0.4, -0.2) is 41.7 Å². The highest BCUT2D eigenvalue weighted by Gasteiger charge is 2.42. The molecule has 1 aliphatic heterocycles. The molecule has 1 aromatic carbocycles. The van der Waals surface area contributed by atoms with E-state index in [1.54, 1.807) is 18.2 Å². The van der Waals surface area contributed by atoms with E-state index in [4.69, 9.17) is 4.74 Å². The maximum Gasteiger partial charge on any atom is 0.454 e. The molecule has 1 atom stereocenters. The summed E-state index contributed by atoms with van der Waals surface area (Å²) in [7, 11) is 0. The van der Waals surface area contributed by atoms with Crippen LogP contribution in [0.1, 0.15) is 28.9 Å². The molecule has 8 heteroatoms. The van der Waals surface area contributed by atoms with Gasteiger partial charge >= 0.3 is 6.18 Å². The van der Waals surface area contributed by atoms with Crippen molar-refractivity contribution in [3.8, 4) is 0 Å². The summed E-state index contributed by atoms with van der Waals surface area (Å²) in [6, 6.07) is 6.28. The molecule has 26 heavy (non-hydrogen) atoms. The number of carbonyl (C=O) groups excluding carboxylic acids is 2. The molecule has 1 aliphatic rings. The topological polar surface area (TPSA) is 60.3 Å². The first-order valence-corrected chi connectivity index (χ1v) is 8.36. The SMILES string of the molecule is Cc1c(C(=O)C(F)(F)F)c2ccccc2n1CC(=O)NC[C@H]1CCCO1. The number of Topliss-reactive ketones (excluding diaryl/α,β-unsaturated/α-hetero) is 1. The molecule has 1 N–H and O–H groups in total. The van der Waals surface area contributed by atoms with Crippen LogP contribution in [0, 0.1) is 6.92 Å². The minimum atomic E-state index is -4.97. The van der Waals surface area contributed by atoms with Gasteiger partial charge in [0, 0.05) is 29.7 Å². The number of nitrogens with one attached hydrogen (secondary N) is 1. The van der Waals surface area contributed by atoms with Gasteiger partial charge in [0.1, 0.15) is 6.54 Å². The van der Waals surface area contributed by atoms with Crippen molar-refractivity contribution in [3.05, 3.63) is 35.5 Å². The highest BCUT2D eigenvalue weighted by atomic mass is 19.4. The lowest BCUT2D eigenvalue weighted by Crippen LogP contribution is -2.34. The predicted octanol–water partition coefficient (Wildman–Crippen LogP) is 2.99. The van der Waals surface area contributed by atoms with Gasteiger partial charge in [-0.15, -0.1) is 0 Å². The lowest BCUT2D eigenvalue weighted by Gasteiger charge is -2.13. The van der Waals surface area contributed by atoms with Crippen LogP contribution in [0.2, 0.25) is 0 Å². The molecule has 0 unspecified atom stereocenters. The van der Waals surface area contributed by atoms with Crippen molar-refractivity contribution in [2.24, 2.45) is 0 Å². The van der Waals surface area contributed by atoms with Gasteiger partial charge in [-0.25, -0.2) is 0 Å². The van der Waals surface area contributed by atoms with Crippen LogP contribution in [0.25, 0.3) is 10.9 Å². The first-order valence-electron chi connectivity index (χ1n) is 8.36. The Hall–Kier alpha value is -2.35. The molecule has 140 valence electrons. The average molecular weight is 368 g/mol. The number of aromatic nitrogens is 1. The number of ketones is 1. The van der Waals surface area contributed by atoms with Crippen molar-refractivity contribution in [2.75, 3.05) is 13.2 Å². The third-order valence-electron chi connectivity index (χ3n) is 4.57. The van der Waals surface area contributed by atoms with Crippen LogP contribution in [-0.2, 0) is 16.1 Å². The summed E-state index contributed by atoms with van der Waals surface area (Å²) < 4.78 is 45.7. The number of amides is 1. The van der Waals surface area contributed by atoms with Gasteiger partial charge < -0.3 is 14.6 Å². The van der Waals surface area contributed by atoms with E-state index in [9.17, 15) is 22.8 Å². The Balaban J connectivity index is 1.87. The first kappa shape index (κ1) is 18.4. The zero-order valence-corrected chi connectivity index (χ0v) is 14.2. The molecule has 1 amide bonds. The molecule has 0 aliphatic carbocycles. The van der Waals surface area contributed by atoms with Crippen LogP contribution in [0.3, 0.4) is 0 Å². The molecule has 5 nitrogen and oxygen atoms in total. The quantitative estimate of drug-likeness (QED) is 0.826. The van der Waals surface area contributed by atoms with Gasteiger partial charge in [0.05, 0.1) is 11.7 Å².